The second-order valence-electron chi connectivity index (χ2n) is 4.55. The number of hydrogen-bond donors (Lipinski definition) is 1. The van der Waals surface area contributed by atoms with Crippen molar-refractivity contribution in [1.29, 1.82) is 0 Å². The molecule has 2 atom stereocenters. The smallest absolute Gasteiger partial charge is 0.263 e. The maximum Gasteiger partial charge on any atom is 0.263 e. The fourth-order valence-electron chi connectivity index (χ4n) is 2.04. The summed E-state index contributed by atoms with van der Waals surface area (Å²) in [5, 5.41) is 0. The maximum atomic E-state index is 12.1. The summed E-state index contributed by atoms with van der Waals surface area (Å²) >= 11 is 3.37. The molecule has 1 amide bonds. The topological polar surface area (TPSA) is 55.6 Å². The van der Waals surface area contributed by atoms with E-state index < -0.39 is 6.10 Å². The van der Waals surface area contributed by atoms with Crippen molar-refractivity contribution in [3.8, 4) is 5.75 Å². The van der Waals surface area contributed by atoms with Crippen molar-refractivity contribution in [2.75, 3.05) is 13.1 Å². The van der Waals surface area contributed by atoms with Gasteiger partial charge in [-0.15, -0.1) is 0 Å². The maximum absolute atomic E-state index is 12.1. The Morgan fingerprint density at radius 3 is 3.00 bits per heavy atom. The molecule has 0 aliphatic carbocycles. The molecule has 2 unspecified atom stereocenters. The van der Waals surface area contributed by atoms with Crippen molar-refractivity contribution in [3.05, 3.63) is 28.7 Å². The quantitative estimate of drug-likeness (QED) is 0.925. The molecule has 1 aromatic rings. The Hall–Kier alpha value is -1.07. The largest absolute Gasteiger partial charge is 0.481 e. The zero-order valence-corrected chi connectivity index (χ0v) is 11.9. The highest BCUT2D eigenvalue weighted by atomic mass is 79.9. The van der Waals surface area contributed by atoms with E-state index >= 15 is 0 Å². The van der Waals surface area contributed by atoms with Crippen molar-refractivity contribution in [1.82, 2.24) is 4.90 Å². The van der Waals surface area contributed by atoms with Crippen LogP contribution in [-0.4, -0.2) is 36.0 Å². The molecule has 0 bridgehead atoms. The predicted molar refractivity (Wildman–Crippen MR) is 73.4 cm³/mol. The molecule has 0 radical (unpaired) electrons. The van der Waals surface area contributed by atoms with Crippen LogP contribution in [0.25, 0.3) is 0 Å². The number of hydrogen-bond acceptors (Lipinski definition) is 3. The summed E-state index contributed by atoms with van der Waals surface area (Å²) in [6.45, 7) is 3.13. The van der Waals surface area contributed by atoms with Gasteiger partial charge in [0.2, 0.25) is 0 Å². The van der Waals surface area contributed by atoms with Crippen LogP contribution in [0.4, 0.5) is 0 Å². The lowest BCUT2D eigenvalue weighted by molar-refractivity contribution is -0.136. The molecule has 1 aliphatic rings. The molecule has 0 saturated carbocycles. The minimum Gasteiger partial charge on any atom is -0.481 e. The normalized spacial score (nSPS) is 20.8. The number of ether oxygens (including phenoxy) is 1. The van der Waals surface area contributed by atoms with Gasteiger partial charge in [-0.05, 0) is 31.5 Å². The molecule has 98 valence electrons. The SMILES string of the molecule is CC(Oc1cccc(Br)c1)C(=O)N1CCC(N)C1. The van der Waals surface area contributed by atoms with E-state index in [1.54, 1.807) is 11.8 Å². The molecular weight excluding hydrogens is 296 g/mol. The van der Waals surface area contributed by atoms with Crippen LogP contribution in [0.1, 0.15) is 13.3 Å². The van der Waals surface area contributed by atoms with Gasteiger partial charge < -0.3 is 15.4 Å². The molecular formula is C13H17BrN2O2. The average molecular weight is 313 g/mol. The first kappa shape index (κ1) is 13.4. The molecule has 5 heteroatoms. The number of benzene rings is 1. The van der Waals surface area contributed by atoms with Crippen molar-refractivity contribution < 1.29 is 9.53 Å². The highest BCUT2D eigenvalue weighted by Gasteiger charge is 2.28. The molecule has 0 spiro atoms. The molecule has 2 N–H and O–H groups in total. The number of rotatable bonds is 3. The standard InChI is InChI=1S/C13H17BrN2O2/c1-9(13(17)16-6-5-11(15)8-16)18-12-4-2-3-10(14)7-12/h2-4,7,9,11H,5-6,8,15H2,1H3. The van der Waals surface area contributed by atoms with Crippen LogP contribution >= 0.6 is 15.9 Å². The van der Waals surface area contributed by atoms with Gasteiger partial charge in [-0.1, -0.05) is 22.0 Å². The van der Waals surface area contributed by atoms with Crippen LogP contribution in [0.3, 0.4) is 0 Å². The minimum atomic E-state index is -0.482. The summed E-state index contributed by atoms with van der Waals surface area (Å²) in [7, 11) is 0. The first-order valence-electron chi connectivity index (χ1n) is 6.03. The minimum absolute atomic E-state index is 0.00271. The van der Waals surface area contributed by atoms with Gasteiger partial charge in [0.25, 0.3) is 5.91 Å². The summed E-state index contributed by atoms with van der Waals surface area (Å²) in [5.41, 5.74) is 5.79. The van der Waals surface area contributed by atoms with E-state index in [0.717, 1.165) is 17.4 Å². The monoisotopic (exact) mass is 312 g/mol. The Labute approximate surface area is 115 Å². The zero-order valence-electron chi connectivity index (χ0n) is 10.3. The second kappa shape index (κ2) is 5.71. The lowest BCUT2D eigenvalue weighted by Gasteiger charge is -2.21. The van der Waals surface area contributed by atoms with Gasteiger partial charge in [0, 0.05) is 23.6 Å². The van der Waals surface area contributed by atoms with Crippen LogP contribution < -0.4 is 10.5 Å². The third-order valence-electron chi connectivity index (χ3n) is 2.99. The third-order valence-corrected chi connectivity index (χ3v) is 3.49. The van der Waals surface area contributed by atoms with Gasteiger partial charge in [-0.3, -0.25) is 4.79 Å². The first-order valence-corrected chi connectivity index (χ1v) is 6.82. The van der Waals surface area contributed by atoms with E-state index in [1.807, 2.05) is 24.3 Å². The predicted octanol–water partition coefficient (Wildman–Crippen LogP) is 1.78. The molecule has 1 heterocycles. The van der Waals surface area contributed by atoms with Gasteiger partial charge in [-0.2, -0.15) is 0 Å². The van der Waals surface area contributed by atoms with E-state index in [0.29, 0.717) is 12.3 Å². The summed E-state index contributed by atoms with van der Waals surface area (Å²) < 4.78 is 6.58. The summed E-state index contributed by atoms with van der Waals surface area (Å²) in [6.07, 6.45) is 0.389. The number of nitrogens with zero attached hydrogens (tertiary/aromatic N) is 1. The Kier molecular flexibility index (Phi) is 4.24. The summed E-state index contributed by atoms with van der Waals surface area (Å²) in [5.74, 6) is 0.691. The lowest BCUT2D eigenvalue weighted by Crippen LogP contribution is -2.40. The van der Waals surface area contributed by atoms with Gasteiger partial charge in [0.1, 0.15) is 5.75 Å². The highest BCUT2D eigenvalue weighted by Crippen LogP contribution is 2.20. The van der Waals surface area contributed by atoms with Crippen molar-refractivity contribution in [2.45, 2.75) is 25.5 Å². The highest BCUT2D eigenvalue weighted by molar-refractivity contribution is 9.10. The van der Waals surface area contributed by atoms with E-state index in [9.17, 15) is 4.79 Å². The first-order chi connectivity index (χ1) is 8.56. The molecule has 0 aromatic heterocycles. The van der Waals surface area contributed by atoms with Crippen LogP contribution in [0.15, 0.2) is 28.7 Å². The Bertz CT molecular complexity index is 439. The summed E-state index contributed by atoms with van der Waals surface area (Å²) in [4.78, 5) is 13.9. The van der Waals surface area contributed by atoms with Gasteiger partial charge in [-0.25, -0.2) is 0 Å². The fourth-order valence-corrected chi connectivity index (χ4v) is 2.42. The Morgan fingerprint density at radius 2 is 2.39 bits per heavy atom. The van der Waals surface area contributed by atoms with Crippen LogP contribution in [0, 0.1) is 0 Å². The van der Waals surface area contributed by atoms with Gasteiger partial charge in [0.05, 0.1) is 0 Å². The van der Waals surface area contributed by atoms with Crippen LogP contribution in [-0.2, 0) is 4.79 Å². The molecule has 1 saturated heterocycles. The zero-order chi connectivity index (χ0) is 13.1. The molecule has 4 nitrogen and oxygen atoms in total. The van der Waals surface area contributed by atoms with Crippen molar-refractivity contribution >= 4 is 21.8 Å². The van der Waals surface area contributed by atoms with E-state index in [1.165, 1.54) is 0 Å². The number of amides is 1. The van der Waals surface area contributed by atoms with Crippen molar-refractivity contribution in [2.24, 2.45) is 5.73 Å². The number of likely N-dealkylation sites (tertiary alicyclic amines) is 1. The van der Waals surface area contributed by atoms with Gasteiger partial charge in [0.15, 0.2) is 6.10 Å². The molecule has 18 heavy (non-hydrogen) atoms. The second-order valence-corrected chi connectivity index (χ2v) is 5.47. The number of carbonyl (C=O) groups excluding carboxylic acids is 1. The summed E-state index contributed by atoms with van der Waals surface area (Å²) in [6, 6.07) is 7.58. The fraction of sp³-hybridized carbons (Fsp3) is 0.462. The van der Waals surface area contributed by atoms with Crippen LogP contribution in [0.2, 0.25) is 0 Å². The third kappa shape index (κ3) is 3.23. The lowest BCUT2D eigenvalue weighted by atomic mass is 10.3. The number of halogens is 1. The average Bonchev–Trinajstić information content (AvgIpc) is 2.75. The molecule has 1 aromatic carbocycles. The molecule has 1 fully saturated rings. The Balaban J connectivity index is 1.95. The number of carbonyl (C=O) groups is 1. The van der Waals surface area contributed by atoms with Gasteiger partial charge >= 0.3 is 0 Å². The Morgan fingerprint density at radius 1 is 1.61 bits per heavy atom. The number of nitrogens with two attached hydrogens (primary N) is 1. The molecule has 2 rings (SSSR count). The van der Waals surface area contributed by atoms with Crippen LogP contribution in [0.5, 0.6) is 5.75 Å². The van der Waals surface area contributed by atoms with E-state index in [2.05, 4.69) is 15.9 Å². The van der Waals surface area contributed by atoms with E-state index in [4.69, 9.17) is 10.5 Å². The molecule has 1 aliphatic heterocycles. The van der Waals surface area contributed by atoms with Crippen molar-refractivity contribution in [3.63, 3.8) is 0 Å². The van der Waals surface area contributed by atoms with E-state index in [-0.39, 0.29) is 11.9 Å².